The van der Waals surface area contributed by atoms with Gasteiger partial charge in [0.1, 0.15) is 0 Å². The molecular formula is C9H12N2. The van der Waals surface area contributed by atoms with Crippen LogP contribution in [0.4, 0.5) is 0 Å². The van der Waals surface area contributed by atoms with Crippen LogP contribution in [-0.4, -0.2) is 11.5 Å². The summed E-state index contributed by atoms with van der Waals surface area (Å²) >= 11 is 0. The average Bonchev–Trinajstić information content (AvgIpc) is 2.06. The van der Waals surface area contributed by atoms with Crippen LogP contribution in [0.25, 0.3) is 6.08 Å². The third kappa shape index (κ3) is 2.51. The summed E-state index contributed by atoms with van der Waals surface area (Å²) in [5.41, 5.74) is 7.53. The van der Waals surface area contributed by atoms with Crippen molar-refractivity contribution in [2.75, 3.05) is 6.54 Å². The summed E-state index contributed by atoms with van der Waals surface area (Å²) in [7, 11) is 0. The molecule has 0 saturated heterocycles. The average molecular weight is 148 g/mol. The number of hydrogen-bond donors (Lipinski definition) is 1. The Morgan fingerprint density at radius 3 is 3.00 bits per heavy atom. The highest BCUT2D eigenvalue weighted by Crippen LogP contribution is 2.00. The van der Waals surface area contributed by atoms with Crippen LogP contribution in [0, 0.1) is 0 Å². The SMILES string of the molecule is CC(=Cc1ccccn1)CN. The largest absolute Gasteiger partial charge is 0.327 e. The molecule has 2 nitrogen and oxygen atoms in total. The molecule has 2 heteroatoms. The van der Waals surface area contributed by atoms with Gasteiger partial charge in [0.25, 0.3) is 0 Å². The van der Waals surface area contributed by atoms with E-state index in [-0.39, 0.29) is 0 Å². The number of rotatable bonds is 2. The first-order chi connectivity index (χ1) is 5.33. The standard InChI is InChI=1S/C9H12N2/c1-8(7-10)6-9-4-2-3-5-11-9/h2-6H,7,10H2,1H3. The number of nitrogens with two attached hydrogens (primary N) is 1. The van der Waals surface area contributed by atoms with E-state index in [2.05, 4.69) is 4.98 Å². The molecule has 0 spiro atoms. The zero-order valence-electron chi connectivity index (χ0n) is 6.62. The van der Waals surface area contributed by atoms with E-state index in [1.165, 1.54) is 0 Å². The third-order valence-electron chi connectivity index (χ3n) is 1.40. The molecule has 1 heterocycles. The van der Waals surface area contributed by atoms with Crippen molar-refractivity contribution in [2.24, 2.45) is 5.73 Å². The van der Waals surface area contributed by atoms with Crippen LogP contribution in [0.1, 0.15) is 12.6 Å². The molecule has 0 aliphatic heterocycles. The second-order valence-electron chi connectivity index (χ2n) is 2.45. The third-order valence-corrected chi connectivity index (χ3v) is 1.40. The summed E-state index contributed by atoms with van der Waals surface area (Å²) in [5, 5.41) is 0. The summed E-state index contributed by atoms with van der Waals surface area (Å²) in [6.45, 7) is 2.59. The summed E-state index contributed by atoms with van der Waals surface area (Å²) < 4.78 is 0. The highest BCUT2D eigenvalue weighted by Gasteiger charge is 1.87. The molecule has 0 aliphatic carbocycles. The van der Waals surface area contributed by atoms with Gasteiger partial charge in [-0.25, -0.2) is 0 Å². The van der Waals surface area contributed by atoms with E-state index in [0.29, 0.717) is 6.54 Å². The lowest BCUT2D eigenvalue weighted by atomic mass is 10.2. The van der Waals surface area contributed by atoms with Gasteiger partial charge in [-0.15, -0.1) is 0 Å². The van der Waals surface area contributed by atoms with Gasteiger partial charge < -0.3 is 5.73 Å². The molecule has 1 aromatic rings. The topological polar surface area (TPSA) is 38.9 Å². The van der Waals surface area contributed by atoms with E-state index in [1.54, 1.807) is 6.20 Å². The van der Waals surface area contributed by atoms with Gasteiger partial charge in [0.15, 0.2) is 0 Å². The monoisotopic (exact) mass is 148 g/mol. The Hall–Kier alpha value is -1.15. The molecule has 2 N–H and O–H groups in total. The molecule has 0 fully saturated rings. The Morgan fingerprint density at radius 1 is 1.64 bits per heavy atom. The van der Waals surface area contributed by atoms with Crippen molar-refractivity contribution < 1.29 is 0 Å². The van der Waals surface area contributed by atoms with Gasteiger partial charge in [0.2, 0.25) is 0 Å². The number of pyridine rings is 1. The molecule has 0 amide bonds. The zero-order valence-corrected chi connectivity index (χ0v) is 6.62. The van der Waals surface area contributed by atoms with Crippen molar-refractivity contribution in [3.8, 4) is 0 Å². The number of hydrogen-bond acceptors (Lipinski definition) is 2. The fourth-order valence-electron chi connectivity index (χ4n) is 0.773. The highest BCUT2D eigenvalue weighted by molar-refractivity contribution is 5.48. The molecule has 0 aliphatic rings. The Balaban J connectivity index is 2.79. The maximum absolute atomic E-state index is 5.42. The quantitative estimate of drug-likeness (QED) is 0.689. The van der Waals surface area contributed by atoms with Gasteiger partial charge in [-0.2, -0.15) is 0 Å². The lowest BCUT2D eigenvalue weighted by Gasteiger charge is -1.94. The predicted molar refractivity (Wildman–Crippen MR) is 46.9 cm³/mol. The van der Waals surface area contributed by atoms with Gasteiger partial charge in [-0.1, -0.05) is 11.6 Å². The molecule has 0 radical (unpaired) electrons. The number of nitrogens with zero attached hydrogens (tertiary/aromatic N) is 1. The molecular weight excluding hydrogens is 136 g/mol. The maximum Gasteiger partial charge on any atom is 0.0629 e. The van der Waals surface area contributed by atoms with Gasteiger partial charge in [0.05, 0.1) is 5.69 Å². The minimum absolute atomic E-state index is 0.594. The van der Waals surface area contributed by atoms with Crippen molar-refractivity contribution in [1.82, 2.24) is 4.98 Å². The fourth-order valence-corrected chi connectivity index (χ4v) is 0.773. The molecule has 0 atom stereocenters. The first kappa shape index (κ1) is 7.95. The van der Waals surface area contributed by atoms with Crippen LogP contribution in [0.5, 0.6) is 0 Å². The second kappa shape index (κ2) is 3.88. The van der Waals surface area contributed by atoms with Crippen LogP contribution in [0.15, 0.2) is 30.0 Å². The summed E-state index contributed by atoms with van der Waals surface area (Å²) in [5.74, 6) is 0. The molecule has 0 aromatic carbocycles. The first-order valence-electron chi connectivity index (χ1n) is 3.61. The predicted octanol–water partition coefficient (Wildman–Crippen LogP) is 1.44. The molecule has 0 bridgehead atoms. The lowest BCUT2D eigenvalue weighted by molar-refractivity contribution is 1.14. The fraction of sp³-hybridized carbons (Fsp3) is 0.222. The number of aromatic nitrogens is 1. The van der Waals surface area contributed by atoms with E-state index in [4.69, 9.17) is 5.73 Å². The van der Waals surface area contributed by atoms with Gasteiger partial charge in [-0.05, 0) is 25.1 Å². The Labute approximate surface area is 66.8 Å². The highest BCUT2D eigenvalue weighted by atomic mass is 14.7. The summed E-state index contributed by atoms with van der Waals surface area (Å²) in [6, 6.07) is 5.82. The minimum Gasteiger partial charge on any atom is -0.327 e. The van der Waals surface area contributed by atoms with Crippen LogP contribution in [-0.2, 0) is 0 Å². The van der Waals surface area contributed by atoms with Gasteiger partial charge in [0, 0.05) is 12.7 Å². The van der Waals surface area contributed by atoms with E-state index >= 15 is 0 Å². The molecule has 11 heavy (non-hydrogen) atoms. The van der Waals surface area contributed by atoms with E-state index in [9.17, 15) is 0 Å². The zero-order chi connectivity index (χ0) is 8.10. The van der Waals surface area contributed by atoms with Crippen molar-refractivity contribution in [3.05, 3.63) is 35.7 Å². The van der Waals surface area contributed by atoms with Crippen molar-refractivity contribution in [1.29, 1.82) is 0 Å². The molecule has 1 rings (SSSR count). The minimum atomic E-state index is 0.594. The molecule has 58 valence electrons. The van der Waals surface area contributed by atoms with E-state index in [0.717, 1.165) is 11.3 Å². The second-order valence-corrected chi connectivity index (χ2v) is 2.45. The summed E-state index contributed by atoms with van der Waals surface area (Å²) in [6.07, 6.45) is 3.76. The molecule has 0 unspecified atom stereocenters. The van der Waals surface area contributed by atoms with Crippen LogP contribution in [0.2, 0.25) is 0 Å². The van der Waals surface area contributed by atoms with Crippen molar-refractivity contribution >= 4 is 6.08 Å². The van der Waals surface area contributed by atoms with E-state index in [1.807, 2.05) is 31.2 Å². The summed E-state index contributed by atoms with van der Waals surface area (Å²) in [4.78, 5) is 4.13. The van der Waals surface area contributed by atoms with Crippen LogP contribution >= 0.6 is 0 Å². The van der Waals surface area contributed by atoms with Crippen molar-refractivity contribution in [3.63, 3.8) is 0 Å². The Bertz CT molecular complexity index is 239. The lowest BCUT2D eigenvalue weighted by Crippen LogP contribution is -1.99. The Morgan fingerprint density at radius 2 is 2.45 bits per heavy atom. The smallest absolute Gasteiger partial charge is 0.0629 e. The van der Waals surface area contributed by atoms with E-state index < -0.39 is 0 Å². The van der Waals surface area contributed by atoms with Crippen molar-refractivity contribution in [2.45, 2.75) is 6.92 Å². The molecule has 0 saturated carbocycles. The van der Waals surface area contributed by atoms with Crippen LogP contribution in [0.3, 0.4) is 0 Å². The van der Waals surface area contributed by atoms with Crippen LogP contribution < -0.4 is 5.73 Å². The normalized spacial score (nSPS) is 11.6. The first-order valence-corrected chi connectivity index (χ1v) is 3.61. The molecule has 1 aromatic heterocycles. The Kier molecular flexibility index (Phi) is 2.81. The van der Waals surface area contributed by atoms with Gasteiger partial charge in [-0.3, -0.25) is 4.98 Å². The van der Waals surface area contributed by atoms with Gasteiger partial charge >= 0.3 is 0 Å². The maximum atomic E-state index is 5.42.